The molecular weight excluding hydrogens is 314 g/mol. The van der Waals surface area contributed by atoms with Gasteiger partial charge in [-0.05, 0) is 24.5 Å². The molecule has 0 radical (unpaired) electrons. The second kappa shape index (κ2) is 7.62. The number of halogens is 1. The van der Waals surface area contributed by atoms with Crippen LogP contribution in [-0.2, 0) is 13.5 Å². The van der Waals surface area contributed by atoms with Gasteiger partial charge < -0.3 is 10.4 Å². The number of nitrogens with zero attached hydrogens (tertiary/aromatic N) is 2. The summed E-state index contributed by atoms with van der Waals surface area (Å²) in [6.07, 6.45) is -0.0281. The highest BCUT2D eigenvalue weighted by Gasteiger charge is 2.16. The highest BCUT2D eigenvalue weighted by Crippen LogP contribution is 2.22. The topological polar surface area (TPSA) is 67.2 Å². The van der Waals surface area contributed by atoms with E-state index in [4.69, 9.17) is 11.6 Å². The van der Waals surface area contributed by atoms with E-state index < -0.39 is 6.10 Å². The van der Waals surface area contributed by atoms with E-state index in [0.29, 0.717) is 22.2 Å². The zero-order chi connectivity index (χ0) is 17.0. The molecule has 0 bridgehead atoms. The van der Waals surface area contributed by atoms with Gasteiger partial charge in [-0.2, -0.15) is 5.10 Å². The summed E-state index contributed by atoms with van der Waals surface area (Å²) in [6.45, 7) is 4.30. The first-order valence-electron chi connectivity index (χ1n) is 7.62. The number of aliphatic hydroxyl groups is 1. The Labute approximate surface area is 141 Å². The van der Waals surface area contributed by atoms with E-state index in [1.807, 2.05) is 0 Å². The lowest BCUT2D eigenvalue weighted by Crippen LogP contribution is -2.30. The number of rotatable bonds is 6. The average Bonchev–Trinajstić information content (AvgIpc) is 2.84. The van der Waals surface area contributed by atoms with Crippen molar-refractivity contribution in [3.63, 3.8) is 0 Å². The number of aryl methyl sites for hydroxylation is 1. The summed E-state index contributed by atoms with van der Waals surface area (Å²) in [4.78, 5) is 12.3. The first kappa shape index (κ1) is 17.5. The summed E-state index contributed by atoms with van der Waals surface area (Å²) in [6, 6.07) is 8.83. The Morgan fingerprint density at radius 3 is 2.74 bits per heavy atom. The molecule has 0 spiro atoms. The minimum absolute atomic E-state index is 0.0905. The highest BCUT2D eigenvalue weighted by molar-refractivity contribution is 6.31. The van der Waals surface area contributed by atoms with Crippen molar-refractivity contribution in [1.29, 1.82) is 0 Å². The number of carbonyl (C=O) groups is 1. The molecule has 1 unspecified atom stereocenters. The maximum absolute atomic E-state index is 12.3. The molecule has 1 heterocycles. The van der Waals surface area contributed by atoms with E-state index >= 15 is 0 Å². The molecule has 0 aliphatic heterocycles. The molecule has 0 saturated heterocycles. The molecule has 0 saturated carbocycles. The SMILES string of the molecule is CC(C)Cc1cc(C(=O)NCC(O)c2ccccc2Cl)n(C)n1. The van der Waals surface area contributed by atoms with E-state index in [1.54, 1.807) is 42.1 Å². The van der Waals surface area contributed by atoms with Gasteiger partial charge in [-0.25, -0.2) is 0 Å². The third-order valence-electron chi connectivity index (χ3n) is 3.50. The van der Waals surface area contributed by atoms with Crippen LogP contribution in [0.2, 0.25) is 5.02 Å². The monoisotopic (exact) mass is 335 g/mol. The Bertz CT molecular complexity index is 682. The van der Waals surface area contributed by atoms with E-state index in [9.17, 15) is 9.90 Å². The zero-order valence-electron chi connectivity index (χ0n) is 13.6. The predicted octanol–water partition coefficient (Wildman–Crippen LogP) is 2.74. The van der Waals surface area contributed by atoms with Crippen LogP contribution in [0.15, 0.2) is 30.3 Å². The van der Waals surface area contributed by atoms with Crippen LogP contribution in [0, 0.1) is 5.92 Å². The number of nitrogens with one attached hydrogen (secondary N) is 1. The van der Waals surface area contributed by atoms with Crippen LogP contribution in [0.25, 0.3) is 0 Å². The second-order valence-electron chi connectivity index (χ2n) is 5.99. The van der Waals surface area contributed by atoms with Crippen molar-refractivity contribution in [3.05, 3.63) is 52.3 Å². The van der Waals surface area contributed by atoms with Crippen LogP contribution in [-0.4, -0.2) is 27.3 Å². The molecule has 1 aromatic heterocycles. The van der Waals surface area contributed by atoms with Crippen molar-refractivity contribution in [2.75, 3.05) is 6.54 Å². The van der Waals surface area contributed by atoms with Crippen molar-refractivity contribution < 1.29 is 9.90 Å². The summed E-state index contributed by atoms with van der Waals surface area (Å²) >= 11 is 6.04. The number of aromatic nitrogens is 2. The quantitative estimate of drug-likeness (QED) is 0.853. The number of aliphatic hydroxyl groups excluding tert-OH is 1. The maximum atomic E-state index is 12.3. The summed E-state index contributed by atoms with van der Waals surface area (Å²) in [5.41, 5.74) is 1.96. The average molecular weight is 336 g/mol. The first-order chi connectivity index (χ1) is 10.9. The minimum atomic E-state index is -0.851. The van der Waals surface area contributed by atoms with Gasteiger partial charge in [-0.3, -0.25) is 9.48 Å². The zero-order valence-corrected chi connectivity index (χ0v) is 14.3. The molecule has 23 heavy (non-hydrogen) atoms. The van der Waals surface area contributed by atoms with E-state index in [-0.39, 0.29) is 12.5 Å². The Balaban J connectivity index is 2.00. The number of carbonyl (C=O) groups excluding carboxylic acids is 1. The molecule has 2 N–H and O–H groups in total. The fraction of sp³-hybridized carbons (Fsp3) is 0.412. The Morgan fingerprint density at radius 2 is 2.09 bits per heavy atom. The summed E-state index contributed by atoms with van der Waals surface area (Å²) in [5.74, 6) is 0.212. The number of hydrogen-bond donors (Lipinski definition) is 2. The third-order valence-corrected chi connectivity index (χ3v) is 3.84. The van der Waals surface area contributed by atoms with Crippen LogP contribution < -0.4 is 5.32 Å². The molecule has 6 heteroatoms. The summed E-state index contributed by atoms with van der Waals surface area (Å²) < 4.78 is 1.56. The van der Waals surface area contributed by atoms with Gasteiger partial charge in [-0.15, -0.1) is 0 Å². The third kappa shape index (κ3) is 4.56. The van der Waals surface area contributed by atoms with Crippen molar-refractivity contribution >= 4 is 17.5 Å². The molecule has 1 atom stereocenters. The molecule has 1 aromatic carbocycles. The molecule has 2 aromatic rings. The fourth-order valence-electron chi connectivity index (χ4n) is 2.39. The van der Waals surface area contributed by atoms with Crippen LogP contribution in [0.1, 0.15) is 41.7 Å². The Morgan fingerprint density at radius 1 is 1.39 bits per heavy atom. The molecule has 0 aliphatic carbocycles. The van der Waals surface area contributed by atoms with Gasteiger partial charge in [0.25, 0.3) is 5.91 Å². The van der Waals surface area contributed by atoms with Crippen LogP contribution >= 0.6 is 11.6 Å². The van der Waals surface area contributed by atoms with Crippen molar-refractivity contribution in [1.82, 2.24) is 15.1 Å². The van der Waals surface area contributed by atoms with Crippen molar-refractivity contribution in [2.24, 2.45) is 13.0 Å². The summed E-state index contributed by atoms with van der Waals surface area (Å²) in [7, 11) is 1.74. The van der Waals surface area contributed by atoms with Gasteiger partial charge in [0.05, 0.1) is 11.8 Å². The maximum Gasteiger partial charge on any atom is 0.269 e. The van der Waals surface area contributed by atoms with Crippen molar-refractivity contribution in [3.8, 4) is 0 Å². The Kier molecular flexibility index (Phi) is 5.80. The highest BCUT2D eigenvalue weighted by atomic mass is 35.5. The largest absolute Gasteiger partial charge is 0.387 e. The van der Waals surface area contributed by atoms with Gasteiger partial charge in [0.15, 0.2) is 0 Å². The predicted molar refractivity (Wildman–Crippen MR) is 90.5 cm³/mol. The first-order valence-corrected chi connectivity index (χ1v) is 8.00. The number of amides is 1. The molecule has 2 rings (SSSR count). The van der Waals surface area contributed by atoms with E-state index in [1.165, 1.54) is 0 Å². The fourth-order valence-corrected chi connectivity index (χ4v) is 2.65. The molecule has 0 fully saturated rings. The Hall–Kier alpha value is -1.85. The van der Waals surface area contributed by atoms with E-state index in [0.717, 1.165) is 12.1 Å². The molecule has 1 amide bonds. The number of benzene rings is 1. The molecular formula is C17H22ClN3O2. The normalized spacial score (nSPS) is 12.4. The minimum Gasteiger partial charge on any atom is -0.387 e. The van der Waals surface area contributed by atoms with E-state index in [2.05, 4.69) is 24.3 Å². The van der Waals surface area contributed by atoms with Crippen LogP contribution in [0.3, 0.4) is 0 Å². The lowest BCUT2D eigenvalue weighted by molar-refractivity contribution is 0.0907. The summed E-state index contributed by atoms with van der Waals surface area (Å²) in [5, 5.41) is 17.7. The molecule has 0 aliphatic rings. The molecule has 5 nitrogen and oxygen atoms in total. The number of hydrogen-bond acceptors (Lipinski definition) is 3. The lowest BCUT2D eigenvalue weighted by atomic mass is 10.1. The lowest BCUT2D eigenvalue weighted by Gasteiger charge is -2.13. The molecule has 124 valence electrons. The van der Waals surface area contributed by atoms with Crippen molar-refractivity contribution in [2.45, 2.75) is 26.4 Å². The van der Waals surface area contributed by atoms with Gasteiger partial charge >= 0.3 is 0 Å². The van der Waals surface area contributed by atoms with Gasteiger partial charge in [-0.1, -0.05) is 43.6 Å². The van der Waals surface area contributed by atoms with Gasteiger partial charge in [0, 0.05) is 24.2 Å². The standard InChI is InChI=1S/C17H22ClN3O2/c1-11(2)8-12-9-15(21(3)20-12)17(23)19-10-16(22)13-6-4-5-7-14(13)18/h4-7,9,11,16,22H,8,10H2,1-3H3,(H,19,23). The van der Waals surface area contributed by atoms with Crippen LogP contribution in [0.5, 0.6) is 0 Å². The smallest absolute Gasteiger partial charge is 0.269 e. The van der Waals surface area contributed by atoms with Gasteiger partial charge in [0.2, 0.25) is 0 Å². The van der Waals surface area contributed by atoms with Crippen LogP contribution in [0.4, 0.5) is 0 Å². The van der Waals surface area contributed by atoms with Gasteiger partial charge in [0.1, 0.15) is 5.69 Å². The second-order valence-corrected chi connectivity index (χ2v) is 6.40.